The molecular formula is C14H16Br2N2O. The van der Waals surface area contributed by atoms with Crippen LogP contribution in [-0.4, -0.2) is 36.5 Å². The molecule has 2 fully saturated rings. The van der Waals surface area contributed by atoms with Crippen molar-refractivity contribution >= 4 is 37.8 Å². The molecule has 0 aromatic heterocycles. The predicted molar refractivity (Wildman–Crippen MR) is 82.3 cm³/mol. The van der Waals surface area contributed by atoms with Crippen molar-refractivity contribution in [2.24, 2.45) is 5.92 Å². The summed E-state index contributed by atoms with van der Waals surface area (Å²) in [7, 11) is 0. The third-order valence-corrected chi connectivity index (χ3v) is 5.25. The van der Waals surface area contributed by atoms with E-state index in [0.29, 0.717) is 12.0 Å². The largest absolute Gasteiger partial charge is 0.338 e. The Morgan fingerprint density at radius 2 is 2.16 bits per heavy atom. The highest BCUT2D eigenvalue weighted by Crippen LogP contribution is 2.28. The van der Waals surface area contributed by atoms with Gasteiger partial charge in [0.15, 0.2) is 0 Å². The number of benzene rings is 1. The van der Waals surface area contributed by atoms with Crippen LogP contribution in [0.4, 0.5) is 0 Å². The number of carbonyl (C=O) groups is 1. The fourth-order valence-corrected chi connectivity index (χ4v) is 4.28. The third-order valence-electron chi connectivity index (χ3n) is 4.10. The summed E-state index contributed by atoms with van der Waals surface area (Å²) in [5.74, 6) is 0.775. The first-order chi connectivity index (χ1) is 9.15. The minimum atomic E-state index is 0.143. The lowest BCUT2D eigenvalue weighted by Crippen LogP contribution is -2.46. The van der Waals surface area contributed by atoms with Gasteiger partial charge in [0.2, 0.25) is 0 Å². The van der Waals surface area contributed by atoms with Crippen LogP contribution in [0.25, 0.3) is 0 Å². The molecular weight excluding hydrogens is 372 g/mol. The average Bonchev–Trinajstić information content (AvgIpc) is 2.85. The van der Waals surface area contributed by atoms with Gasteiger partial charge in [0.1, 0.15) is 0 Å². The average molecular weight is 388 g/mol. The second-order valence-electron chi connectivity index (χ2n) is 5.27. The van der Waals surface area contributed by atoms with Gasteiger partial charge in [-0.15, -0.1) is 0 Å². The molecule has 2 atom stereocenters. The lowest BCUT2D eigenvalue weighted by atomic mass is 9.93. The van der Waals surface area contributed by atoms with Gasteiger partial charge in [-0.3, -0.25) is 4.79 Å². The number of likely N-dealkylation sites (tertiary alicyclic amines) is 1. The van der Waals surface area contributed by atoms with E-state index >= 15 is 0 Å². The van der Waals surface area contributed by atoms with Crippen molar-refractivity contribution in [2.75, 3.05) is 19.6 Å². The van der Waals surface area contributed by atoms with Crippen molar-refractivity contribution in [3.05, 3.63) is 32.7 Å². The number of fused-ring (bicyclic) bond motifs is 1. The quantitative estimate of drug-likeness (QED) is 0.803. The zero-order valence-corrected chi connectivity index (χ0v) is 13.7. The zero-order valence-electron chi connectivity index (χ0n) is 10.5. The van der Waals surface area contributed by atoms with Crippen LogP contribution >= 0.6 is 31.9 Å². The van der Waals surface area contributed by atoms with Gasteiger partial charge in [-0.2, -0.15) is 0 Å². The number of piperidine rings is 1. The number of nitrogens with one attached hydrogen (secondary N) is 1. The zero-order chi connectivity index (χ0) is 13.4. The van der Waals surface area contributed by atoms with E-state index in [1.165, 1.54) is 6.42 Å². The molecule has 1 amide bonds. The maximum atomic E-state index is 12.6. The number of rotatable bonds is 1. The first-order valence-corrected chi connectivity index (χ1v) is 8.21. The lowest BCUT2D eigenvalue weighted by molar-refractivity contribution is 0.0661. The number of nitrogens with zero attached hydrogens (tertiary/aromatic N) is 1. The number of hydrogen-bond acceptors (Lipinski definition) is 2. The minimum Gasteiger partial charge on any atom is -0.338 e. The SMILES string of the molecule is O=C(c1ccc(Br)cc1Br)N1CCC2NCCC2C1. The molecule has 0 bridgehead atoms. The van der Waals surface area contributed by atoms with E-state index in [1.807, 2.05) is 23.1 Å². The van der Waals surface area contributed by atoms with Gasteiger partial charge < -0.3 is 10.2 Å². The summed E-state index contributed by atoms with van der Waals surface area (Å²) < 4.78 is 1.84. The Labute approximate surface area is 130 Å². The minimum absolute atomic E-state index is 0.143. The third kappa shape index (κ3) is 2.73. The van der Waals surface area contributed by atoms with Crippen LogP contribution in [-0.2, 0) is 0 Å². The molecule has 0 radical (unpaired) electrons. The predicted octanol–water partition coefficient (Wildman–Crippen LogP) is 3.04. The van der Waals surface area contributed by atoms with Gasteiger partial charge in [0.05, 0.1) is 5.56 Å². The molecule has 2 aliphatic rings. The first kappa shape index (κ1) is 13.6. The van der Waals surface area contributed by atoms with E-state index in [0.717, 1.165) is 40.6 Å². The van der Waals surface area contributed by atoms with Gasteiger partial charge in [0, 0.05) is 28.1 Å². The molecule has 102 valence electrons. The highest BCUT2D eigenvalue weighted by atomic mass is 79.9. The number of amides is 1. The molecule has 0 spiro atoms. The number of hydrogen-bond donors (Lipinski definition) is 1. The maximum absolute atomic E-state index is 12.6. The Morgan fingerprint density at radius 3 is 2.95 bits per heavy atom. The molecule has 2 aliphatic heterocycles. The Hall–Kier alpha value is -0.390. The molecule has 1 N–H and O–H groups in total. The summed E-state index contributed by atoms with van der Waals surface area (Å²) in [4.78, 5) is 14.6. The van der Waals surface area contributed by atoms with Crippen molar-refractivity contribution in [1.29, 1.82) is 0 Å². The fourth-order valence-electron chi connectivity index (χ4n) is 3.07. The van der Waals surface area contributed by atoms with Crippen molar-refractivity contribution in [3.8, 4) is 0 Å². The summed E-state index contributed by atoms with van der Waals surface area (Å²) in [6.07, 6.45) is 2.26. The van der Waals surface area contributed by atoms with Crippen LogP contribution in [0.5, 0.6) is 0 Å². The molecule has 0 aliphatic carbocycles. The van der Waals surface area contributed by atoms with Crippen molar-refractivity contribution in [2.45, 2.75) is 18.9 Å². The molecule has 5 heteroatoms. The Bertz CT molecular complexity index is 506. The molecule has 3 nitrogen and oxygen atoms in total. The molecule has 19 heavy (non-hydrogen) atoms. The molecule has 3 rings (SSSR count). The summed E-state index contributed by atoms with van der Waals surface area (Å²) >= 11 is 6.90. The highest BCUT2D eigenvalue weighted by Gasteiger charge is 2.34. The summed E-state index contributed by atoms with van der Waals surface area (Å²) in [6, 6.07) is 6.35. The lowest BCUT2D eigenvalue weighted by Gasteiger charge is -2.35. The van der Waals surface area contributed by atoms with E-state index < -0.39 is 0 Å². The maximum Gasteiger partial charge on any atom is 0.255 e. The van der Waals surface area contributed by atoms with E-state index in [1.54, 1.807) is 0 Å². The van der Waals surface area contributed by atoms with Crippen molar-refractivity contribution < 1.29 is 4.79 Å². The molecule has 2 heterocycles. The summed E-state index contributed by atoms with van der Waals surface area (Å²) in [5, 5.41) is 3.52. The Kier molecular flexibility index (Phi) is 3.96. The Balaban J connectivity index is 1.76. The van der Waals surface area contributed by atoms with Crippen molar-refractivity contribution in [1.82, 2.24) is 10.2 Å². The van der Waals surface area contributed by atoms with Gasteiger partial charge >= 0.3 is 0 Å². The van der Waals surface area contributed by atoms with E-state index in [2.05, 4.69) is 37.2 Å². The fraction of sp³-hybridized carbons (Fsp3) is 0.500. The molecule has 2 unspecified atom stereocenters. The van der Waals surface area contributed by atoms with Crippen LogP contribution in [0.3, 0.4) is 0 Å². The normalized spacial score (nSPS) is 26.3. The smallest absolute Gasteiger partial charge is 0.255 e. The van der Waals surface area contributed by atoms with Crippen LogP contribution in [0, 0.1) is 5.92 Å². The van der Waals surface area contributed by atoms with E-state index in [9.17, 15) is 4.79 Å². The second kappa shape index (κ2) is 5.54. The first-order valence-electron chi connectivity index (χ1n) is 6.63. The topological polar surface area (TPSA) is 32.3 Å². The molecule has 1 aromatic rings. The Morgan fingerprint density at radius 1 is 1.32 bits per heavy atom. The number of halogens is 2. The second-order valence-corrected chi connectivity index (χ2v) is 7.04. The van der Waals surface area contributed by atoms with Gasteiger partial charge in [-0.25, -0.2) is 0 Å². The van der Waals surface area contributed by atoms with E-state index in [-0.39, 0.29) is 5.91 Å². The van der Waals surface area contributed by atoms with E-state index in [4.69, 9.17) is 0 Å². The summed E-state index contributed by atoms with van der Waals surface area (Å²) in [6.45, 7) is 2.84. The van der Waals surface area contributed by atoms with Gasteiger partial charge in [-0.05, 0) is 59.4 Å². The highest BCUT2D eigenvalue weighted by molar-refractivity contribution is 9.11. The molecule has 1 aromatic carbocycles. The van der Waals surface area contributed by atoms with Crippen LogP contribution in [0.2, 0.25) is 0 Å². The monoisotopic (exact) mass is 386 g/mol. The van der Waals surface area contributed by atoms with Crippen LogP contribution in [0.1, 0.15) is 23.2 Å². The van der Waals surface area contributed by atoms with Crippen molar-refractivity contribution in [3.63, 3.8) is 0 Å². The molecule has 2 saturated heterocycles. The van der Waals surface area contributed by atoms with Crippen LogP contribution < -0.4 is 5.32 Å². The summed E-state index contributed by atoms with van der Waals surface area (Å²) in [5.41, 5.74) is 0.757. The standard InChI is InChI=1S/C14H16Br2N2O/c15-10-1-2-11(12(16)7-10)14(19)18-6-4-13-9(8-18)3-5-17-13/h1-2,7,9,13,17H,3-6,8H2. The molecule has 0 saturated carbocycles. The van der Waals surface area contributed by atoms with Gasteiger partial charge in [0.25, 0.3) is 5.91 Å². The number of carbonyl (C=O) groups excluding carboxylic acids is 1. The van der Waals surface area contributed by atoms with Gasteiger partial charge in [-0.1, -0.05) is 15.9 Å². The van der Waals surface area contributed by atoms with Crippen LogP contribution in [0.15, 0.2) is 27.1 Å².